The number of halogens is 1. The van der Waals surface area contributed by atoms with Crippen molar-refractivity contribution >= 4 is 11.7 Å². The monoisotopic (exact) mass is 238 g/mol. The third-order valence-corrected chi connectivity index (χ3v) is 2.71. The Morgan fingerprint density at radius 1 is 1.41 bits per heavy atom. The lowest BCUT2D eigenvalue weighted by Crippen LogP contribution is -2.43. The van der Waals surface area contributed by atoms with Crippen LogP contribution in [0.15, 0.2) is 18.2 Å². The Kier molecular flexibility index (Phi) is 3.58. The summed E-state index contributed by atoms with van der Waals surface area (Å²) in [5.41, 5.74) is 1.13. The minimum atomic E-state index is -0.269. The molecule has 0 radical (unpaired) electrons. The number of ether oxygens (including phenoxy) is 1. The third kappa shape index (κ3) is 2.94. The zero-order valence-electron chi connectivity index (χ0n) is 9.70. The molecule has 5 heteroatoms. The molecule has 4 nitrogen and oxygen atoms in total. The van der Waals surface area contributed by atoms with Gasteiger partial charge in [0.05, 0.1) is 13.2 Å². The van der Waals surface area contributed by atoms with Crippen LogP contribution < -0.4 is 5.32 Å². The lowest BCUT2D eigenvalue weighted by molar-refractivity contribution is 0.0564. The maximum atomic E-state index is 13.1. The number of amides is 2. The SMILES string of the molecule is Cc1cc(NC(=O)N2CCOCC2)ccc1F. The Morgan fingerprint density at radius 3 is 2.76 bits per heavy atom. The molecular weight excluding hydrogens is 223 g/mol. The fraction of sp³-hybridized carbons (Fsp3) is 0.417. The lowest BCUT2D eigenvalue weighted by atomic mass is 10.2. The smallest absolute Gasteiger partial charge is 0.321 e. The molecule has 1 saturated heterocycles. The molecule has 1 aromatic carbocycles. The molecule has 0 aromatic heterocycles. The highest BCUT2D eigenvalue weighted by Gasteiger charge is 2.16. The minimum absolute atomic E-state index is 0.167. The van der Waals surface area contributed by atoms with Gasteiger partial charge in [-0.3, -0.25) is 0 Å². The van der Waals surface area contributed by atoms with Crippen LogP contribution >= 0.6 is 0 Å². The fourth-order valence-electron chi connectivity index (χ4n) is 1.69. The van der Waals surface area contributed by atoms with E-state index in [2.05, 4.69) is 5.32 Å². The predicted molar refractivity (Wildman–Crippen MR) is 62.5 cm³/mol. The summed E-state index contributed by atoms with van der Waals surface area (Å²) >= 11 is 0. The van der Waals surface area contributed by atoms with Crippen molar-refractivity contribution in [3.05, 3.63) is 29.6 Å². The summed E-state index contributed by atoms with van der Waals surface area (Å²) in [6.45, 7) is 3.98. The molecule has 1 aliphatic heterocycles. The highest BCUT2D eigenvalue weighted by atomic mass is 19.1. The second-order valence-corrected chi connectivity index (χ2v) is 3.99. The maximum absolute atomic E-state index is 13.1. The Morgan fingerprint density at radius 2 is 2.12 bits per heavy atom. The summed E-state index contributed by atoms with van der Waals surface area (Å²) < 4.78 is 18.2. The molecular formula is C12H15FN2O2. The maximum Gasteiger partial charge on any atom is 0.321 e. The van der Waals surface area contributed by atoms with E-state index in [1.54, 1.807) is 24.0 Å². The Bertz CT molecular complexity index is 417. The first-order chi connectivity index (χ1) is 8.16. The third-order valence-electron chi connectivity index (χ3n) is 2.71. The van der Waals surface area contributed by atoms with E-state index in [4.69, 9.17) is 4.74 Å². The molecule has 0 saturated carbocycles. The number of rotatable bonds is 1. The number of anilines is 1. The molecule has 1 N–H and O–H groups in total. The molecule has 1 fully saturated rings. The second kappa shape index (κ2) is 5.14. The van der Waals surface area contributed by atoms with Gasteiger partial charge in [-0.05, 0) is 30.7 Å². The number of nitrogens with one attached hydrogen (secondary N) is 1. The van der Waals surface area contributed by atoms with Crippen molar-refractivity contribution in [1.82, 2.24) is 4.90 Å². The standard InChI is InChI=1S/C12H15FN2O2/c1-9-8-10(2-3-11(9)13)14-12(16)15-4-6-17-7-5-15/h2-3,8H,4-7H2,1H3,(H,14,16). The number of hydrogen-bond acceptors (Lipinski definition) is 2. The first-order valence-corrected chi connectivity index (χ1v) is 5.56. The summed E-state index contributed by atoms with van der Waals surface area (Å²) in [6.07, 6.45) is 0. The van der Waals surface area contributed by atoms with E-state index < -0.39 is 0 Å². The highest BCUT2D eigenvalue weighted by molar-refractivity contribution is 5.89. The van der Waals surface area contributed by atoms with Crippen molar-refractivity contribution in [1.29, 1.82) is 0 Å². The number of nitrogens with zero attached hydrogens (tertiary/aromatic N) is 1. The highest BCUT2D eigenvalue weighted by Crippen LogP contribution is 2.14. The van der Waals surface area contributed by atoms with Gasteiger partial charge in [0.25, 0.3) is 0 Å². The summed E-state index contributed by atoms with van der Waals surface area (Å²) in [4.78, 5) is 13.5. The summed E-state index contributed by atoms with van der Waals surface area (Å²) in [5.74, 6) is -0.269. The zero-order chi connectivity index (χ0) is 12.3. The topological polar surface area (TPSA) is 41.6 Å². The lowest BCUT2D eigenvalue weighted by Gasteiger charge is -2.26. The fourth-order valence-corrected chi connectivity index (χ4v) is 1.69. The molecule has 2 amide bonds. The van der Waals surface area contributed by atoms with E-state index in [1.165, 1.54) is 6.07 Å². The van der Waals surface area contributed by atoms with Gasteiger partial charge in [0, 0.05) is 18.8 Å². The summed E-state index contributed by atoms with van der Waals surface area (Å²) in [6, 6.07) is 4.36. The first kappa shape index (κ1) is 11.9. The van der Waals surface area contributed by atoms with Crippen LogP contribution in [-0.2, 0) is 4.74 Å². The first-order valence-electron chi connectivity index (χ1n) is 5.56. The van der Waals surface area contributed by atoms with Gasteiger partial charge < -0.3 is 15.0 Å². The molecule has 0 aliphatic carbocycles. The van der Waals surface area contributed by atoms with E-state index >= 15 is 0 Å². The number of aryl methyl sites for hydroxylation is 1. The van der Waals surface area contributed by atoms with Gasteiger partial charge in [0.1, 0.15) is 5.82 Å². The molecule has 0 spiro atoms. The van der Waals surface area contributed by atoms with Crippen LogP contribution in [0.3, 0.4) is 0 Å². The quantitative estimate of drug-likeness (QED) is 0.813. The summed E-state index contributed by atoms with van der Waals surface area (Å²) in [5, 5.41) is 2.74. The number of urea groups is 1. The van der Waals surface area contributed by atoms with E-state index in [9.17, 15) is 9.18 Å². The average Bonchev–Trinajstić information content (AvgIpc) is 2.35. The number of hydrogen-bond donors (Lipinski definition) is 1. The van der Waals surface area contributed by atoms with Gasteiger partial charge in [-0.25, -0.2) is 9.18 Å². The molecule has 2 rings (SSSR count). The van der Waals surface area contributed by atoms with Gasteiger partial charge in [0.2, 0.25) is 0 Å². The van der Waals surface area contributed by atoms with E-state index in [-0.39, 0.29) is 11.8 Å². The van der Waals surface area contributed by atoms with Gasteiger partial charge in [0.15, 0.2) is 0 Å². The van der Waals surface area contributed by atoms with Gasteiger partial charge in [-0.15, -0.1) is 0 Å². The second-order valence-electron chi connectivity index (χ2n) is 3.99. The minimum Gasteiger partial charge on any atom is -0.378 e. The molecule has 17 heavy (non-hydrogen) atoms. The number of morpholine rings is 1. The number of carbonyl (C=O) groups is 1. The normalized spacial score (nSPS) is 15.8. The van der Waals surface area contributed by atoms with Crippen molar-refractivity contribution in [3.8, 4) is 0 Å². The average molecular weight is 238 g/mol. The van der Waals surface area contributed by atoms with Crippen LogP contribution in [0.1, 0.15) is 5.56 Å². The molecule has 0 bridgehead atoms. The molecule has 0 atom stereocenters. The van der Waals surface area contributed by atoms with Gasteiger partial charge in [-0.2, -0.15) is 0 Å². The van der Waals surface area contributed by atoms with E-state index in [1.807, 2.05) is 0 Å². The molecule has 1 heterocycles. The van der Waals surface area contributed by atoms with Crippen molar-refractivity contribution in [2.75, 3.05) is 31.6 Å². The molecule has 0 unspecified atom stereocenters. The number of carbonyl (C=O) groups excluding carboxylic acids is 1. The Hall–Kier alpha value is -1.62. The van der Waals surface area contributed by atoms with Crippen LogP contribution in [0, 0.1) is 12.7 Å². The Labute approximate surface area is 99.4 Å². The zero-order valence-corrected chi connectivity index (χ0v) is 9.70. The van der Waals surface area contributed by atoms with Crippen LogP contribution in [0.2, 0.25) is 0 Å². The van der Waals surface area contributed by atoms with Crippen molar-refractivity contribution in [2.24, 2.45) is 0 Å². The van der Waals surface area contributed by atoms with Crippen LogP contribution in [-0.4, -0.2) is 37.2 Å². The van der Waals surface area contributed by atoms with E-state index in [0.717, 1.165) is 0 Å². The van der Waals surface area contributed by atoms with Gasteiger partial charge >= 0.3 is 6.03 Å². The molecule has 1 aliphatic rings. The van der Waals surface area contributed by atoms with E-state index in [0.29, 0.717) is 37.6 Å². The van der Waals surface area contributed by atoms with Crippen LogP contribution in [0.4, 0.5) is 14.9 Å². The largest absolute Gasteiger partial charge is 0.378 e. The number of benzene rings is 1. The predicted octanol–water partition coefficient (Wildman–Crippen LogP) is 2.00. The Balaban J connectivity index is 1.99. The molecule has 92 valence electrons. The summed E-state index contributed by atoms with van der Waals surface area (Å²) in [7, 11) is 0. The van der Waals surface area contributed by atoms with Crippen LogP contribution in [0.5, 0.6) is 0 Å². The van der Waals surface area contributed by atoms with Gasteiger partial charge in [-0.1, -0.05) is 0 Å². The van der Waals surface area contributed by atoms with Crippen LogP contribution in [0.25, 0.3) is 0 Å². The van der Waals surface area contributed by atoms with Crippen molar-refractivity contribution in [2.45, 2.75) is 6.92 Å². The van der Waals surface area contributed by atoms with Crippen molar-refractivity contribution < 1.29 is 13.9 Å². The van der Waals surface area contributed by atoms with Crippen molar-refractivity contribution in [3.63, 3.8) is 0 Å². The molecule has 1 aromatic rings.